The molecule has 0 radical (unpaired) electrons. The number of likely N-dealkylation sites (tertiary alicyclic amines) is 1. The predicted octanol–water partition coefficient (Wildman–Crippen LogP) is 3.25. The number of hydrogen-bond acceptors (Lipinski definition) is 3. The van der Waals surface area contributed by atoms with E-state index in [4.69, 9.17) is 0 Å². The van der Waals surface area contributed by atoms with Crippen LogP contribution in [0.3, 0.4) is 0 Å². The van der Waals surface area contributed by atoms with E-state index in [2.05, 4.69) is 30.3 Å². The van der Waals surface area contributed by atoms with Gasteiger partial charge in [-0.25, -0.2) is 4.39 Å². The summed E-state index contributed by atoms with van der Waals surface area (Å²) in [6.45, 7) is 4.27. The van der Waals surface area contributed by atoms with Gasteiger partial charge in [-0.05, 0) is 80.4 Å². The Kier molecular flexibility index (Phi) is 4.49. The molecule has 2 aromatic carbocycles. The summed E-state index contributed by atoms with van der Waals surface area (Å²) in [5.74, 6) is 0.168. The van der Waals surface area contributed by atoms with E-state index in [0.29, 0.717) is 17.8 Å². The highest BCUT2D eigenvalue weighted by Gasteiger charge is 2.49. The second-order valence-corrected chi connectivity index (χ2v) is 8.07. The second kappa shape index (κ2) is 6.67. The van der Waals surface area contributed by atoms with Crippen LogP contribution in [0.2, 0.25) is 0 Å². The van der Waals surface area contributed by atoms with E-state index >= 15 is 0 Å². The van der Waals surface area contributed by atoms with Crippen molar-refractivity contribution in [2.45, 2.75) is 43.7 Å². The fourth-order valence-electron chi connectivity index (χ4n) is 4.87. The summed E-state index contributed by atoms with van der Waals surface area (Å²) in [5, 5.41) is 13.8. The summed E-state index contributed by atoms with van der Waals surface area (Å²) in [6.07, 6.45) is 2.97. The number of phenolic OH excluding ortho intramolecular Hbond substituents is 1. The Morgan fingerprint density at radius 3 is 2.77 bits per heavy atom. The minimum Gasteiger partial charge on any atom is -0.508 e. The Hall–Kier alpha value is -1.91. The number of nitrogens with zero attached hydrogens (tertiary/aromatic N) is 1. The van der Waals surface area contributed by atoms with Gasteiger partial charge in [0.15, 0.2) is 0 Å². The molecule has 2 N–H and O–H groups in total. The third-order valence-corrected chi connectivity index (χ3v) is 6.45. The van der Waals surface area contributed by atoms with E-state index in [-0.39, 0.29) is 11.2 Å². The normalized spacial score (nSPS) is 28.0. The first-order chi connectivity index (χ1) is 12.5. The van der Waals surface area contributed by atoms with E-state index in [9.17, 15) is 9.50 Å². The maximum absolute atomic E-state index is 13.1. The van der Waals surface area contributed by atoms with Crippen molar-refractivity contribution in [3.05, 3.63) is 65.0 Å². The third-order valence-electron chi connectivity index (χ3n) is 6.45. The van der Waals surface area contributed by atoms with Crippen molar-refractivity contribution in [2.75, 3.05) is 20.1 Å². The van der Waals surface area contributed by atoms with E-state index in [1.165, 1.54) is 23.3 Å². The Balaban J connectivity index is 1.55. The van der Waals surface area contributed by atoms with Gasteiger partial charge in [0.25, 0.3) is 0 Å². The minimum absolute atomic E-state index is 0.0201. The molecular weight excluding hydrogens is 327 g/mol. The van der Waals surface area contributed by atoms with E-state index in [0.717, 1.165) is 37.9 Å². The van der Waals surface area contributed by atoms with Crippen LogP contribution in [-0.2, 0) is 18.3 Å². The number of aromatic hydroxyl groups is 1. The molecule has 0 amide bonds. The average Bonchev–Trinajstić information content (AvgIpc) is 2.62. The van der Waals surface area contributed by atoms with Gasteiger partial charge in [0.1, 0.15) is 11.6 Å². The summed E-state index contributed by atoms with van der Waals surface area (Å²) >= 11 is 0. The molecule has 3 atom stereocenters. The lowest BCUT2D eigenvalue weighted by Gasteiger charge is -2.55. The smallest absolute Gasteiger partial charge is 0.123 e. The molecule has 2 aromatic rings. The number of rotatable bonds is 4. The number of benzene rings is 2. The van der Waals surface area contributed by atoms with Crippen LogP contribution >= 0.6 is 0 Å². The first-order valence-corrected chi connectivity index (χ1v) is 9.48. The standard InChI is InChI=1S/C22H27FN2O/c1-22-10-12-25(2)20(13-16-5-8-18(26)14-19(16)22)21(22)24-11-9-15-3-6-17(23)7-4-15/h3-8,14,20-21,24,26H,9-13H2,1-2H3/t20-,21+,22-/m1/s1. The quantitative estimate of drug-likeness (QED) is 0.885. The van der Waals surface area contributed by atoms with Gasteiger partial charge >= 0.3 is 0 Å². The summed E-state index contributed by atoms with van der Waals surface area (Å²) in [5.41, 5.74) is 3.82. The van der Waals surface area contributed by atoms with Gasteiger partial charge < -0.3 is 15.3 Å². The molecule has 1 heterocycles. The fraction of sp³-hybridized carbons (Fsp3) is 0.455. The highest BCUT2D eigenvalue weighted by molar-refractivity contribution is 5.45. The zero-order valence-corrected chi connectivity index (χ0v) is 15.5. The van der Waals surface area contributed by atoms with Crippen molar-refractivity contribution in [2.24, 2.45) is 0 Å². The van der Waals surface area contributed by atoms with E-state index < -0.39 is 0 Å². The van der Waals surface area contributed by atoms with Crippen LogP contribution in [0.5, 0.6) is 5.75 Å². The molecule has 0 spiro atoms. The molecule has 1 aliphatic carbocycles. The highest BCUT2D eigenvalue weighted by atomic mass is 19.1. The molecule has 1 saturated heterocycles. The van der Waals surface area contributed by atoms with Crippen LogP contribution in [0.15, 0.2) is 42.5 Å². The van der Waals surface area contributed by atoms with Gasteiger partial charge in [-0.1, -0.05) is 25.1 Å². The van der Waals surface area contributed by atoms with Crippen LogP contribution in [0, 0.1) is 5.82 Å². The molecule has 2 bridgehead atoms. The molecular formula is C22H27FN2O. The summed E-state index contributed by atoms with van der Waals surface area (Å²) in [7, 11) is 2.21. The van der Waals surface area contributed by atoms with Crippen LogP contribution < -0.4 is 5.32 Å². The van der Waals surface area contributed by atoms with Crippen LogP contribution in [0.25, 0.3) is 0 Å². The first kappa shape index (κ1) is 17.5. The monoisotopic (exact) mass is 354 g/mol. The second-order valence-electron chi connectivity index (χ2n) is 8.07. The molecule has 1 fully saturated rings. The molecule has 1 aliphatic heterocycles. The molecule has 138 valence electrons. The van der Waals surface area contributed by atoms with E-state index in [1.807, 2.05) is 18.2 Å². The van der Waals surface area contributed by atoms with Crippen molar-refractivity contribution in [3.63, 3.8) is 0 Å². The van der Waals surface area contributed by atoms with Gasteiger partial charge in [-0.3, -0.25) is 0 Å². The maximum Gasteiger partial charge on any atom is 0.123 e. The lowest BCUT2D eigenvalue weighted by Crippen LogP contribution is -2.66. The lowest BCUT2D eigenvalue weighted by molar-refractivity contribution is 0.0663. The molecule has 0 unspecified atom stereocenters. The molecule has 4 heteroatoms. The number of phenols is 1. The molecule has 26 heavy (non-hydrogen) atoms. The zero-order valence-electron chi connectivity index (χ0n) is 15.5. The van der Waals surface area contributed by atoms with Crippen molar-refractivity contribution in [1.29, 1.82) is 0 Å². The van der Waals surface area contributed by atoms with Gasteiger partial charge in [-0.2, -0.15) is 0 Å². The van der Waals surface area contributed by atoms with Gasteiger partial charge in [0.2, 0.25) is 0 Å². The number of likely N-dealkylation sites (N-methyl/N-ethyl adjacent to an activating group) is 1. The Bertz CT molecular complexity index is 791. The molecule has 2 aliphatic rings. The molecule has 0 aromatic heterocycles. The summed E-state index contributed by atoms with van der Waals surface area (Å²) in [4.78, 5) is 2.47. The average molecular weight is 354 g/mol. The number of fused-ring (bicyclic) bond motifs is 4. The topological polar surface area (TPSA) is 35.5 Å². The third kappa shape index (κ3) is 3.01. The Morgan fingerprint density at radius 1 is 1.23 bits per heavy atom. The molecule has 3 nitrogen and oxygen atoms in total. The number of nitrogens with one attached hydrogen (secondary N) is 1. The maximum atomic E-state index is 13.1. The van der Waals surface area contributed by atoms with Crippen molar-refractivity contribution in [1.82, 2.24) is 10.2 Å². The minimum atomic E-state index is -0.186. The first-order valence-electron chi connectivity index (χ1n) is 9.48. The number of halogens is 1. The summed E-state index contributed by atoms with van der Waals surface area (Å²) < 4.78 is 13.1. The lowest BCUT2D eigenvalue weighted by atomic mass is 9.61. The number of hydrogen-bond donors (Lipinski definition) is 2. The van der Waals surface area contributed by atoms with E-state index in [1.54, 1.807) is 6.07 Å². The van der Waals surface area contributed by atoms with Gasteiger partial charge in [0.05, 0.1) is 0 Å². The highest BCUT2D eigenvalue weighted by Crippen LogP contribution is 2.45. The molecule has 0 saturated carbocycles. The zero-order chi connectivity index (χ0) is 18.3. The van der Waals surface area contributed by atoms with Crippen LogP contribution in [-0.4, -0.2) is 42.2 Å². The van der Waals surface area contributed by atoms with Crippen molar-refractivity contribution >= 4 is 0 Å². The predicted molar refractivity (Wildman–Crippen MR) is 102 cm³/mol. The largest absolute Gasteiger partial charge is 0.508 e. The Labute approximate surface area is 154 Å². The summed E-state index contributed by atoms with van der Waals surface area (Å²) in [6, 6.07) is 13.4. The van der Waals surface area contributed by atoms with Crippen LogP contribution in [0.4, 0.5) is 4.39 Å². The van der Waals surface area contributed by atoms with Crippen molar-refractivity contribution < 1.29 is 9.50 Å². The van der Waals surface area contributed by atoms with Gasteiger partial charge in [-0.15, -0.1) is 0 Å². The van der Waals surface area contributed by atoms with Crippen molar-refractivity contribution in [3.8, 4) is 5.75 Å². The van der Waals surface area contributed by atoms with Crippen LogP contribution in [0.1, 0.15) is 30.0 Å². The van der Waals surface area contributed by atoms with Gasteiger partial charge in [0, 0.05) is 17.5 Å². The molecule has 4 rings (SSSR count). The Morgan fingerprint density at radius 2 is 2.00 bits per heavy atom. The SMILES string of the molecule is CN1CC[C@]2(C)c3cc(O)ccc3C[C@@H]1[C@@H]2NCCc1ccc(F)cc1. The fourth-order valence-corrected chi connectivity index (χ4v) is 4.87. The number of piperidine rings is 1.